The number of carbonyl (C=O) groups is 2. The molecule has 2 heterocycles. The minimum Gasteiger partial charge on any atom is -0.497 e. The number of benzene rings is 2. The molecule has 0 unspecified atom stereocenters. The van der Waals surface area contributed by atoms with Gasteiger partial charge in [-0.25, -0.2) is 5.01 Å². The molecule has 1 saturated carbocycles. The first-order valence-corrected chi connectivity index (χ1v) is 13.7. The van der Waals surface area contributed by atoms with Crippen molar-refractivity contribution >= 4 is 17.5 Å². The normalized spacial score (nSPS) is 20.1. The molecule has 0 N–H and O–H groups in total. The highest BCUT2D eigenvalue weighted by atomic mass is 16.5. The maximum Gasteiger partial charge on any atom is 0.262 e. The van der Waals surface area contributed by atoms with E-state index in [1.54, 1.807) is 17.0 Å². The van der Waals surface area contributed by atoms with Crippen LogP contribution in [0.4, 0.5) is 0 Å². The minimum absolute atomic E-state index is 0.0392. The molecule has 0 bridgehead atoms. The van der Waals surface area contributed by atoms with Gasteiger partial charge in [0.05, 0.1) is 32.1 Å². The van der Waals surface area contributed by atoms with E-state index in [0.717, 1.165) is 61.5 Å². The van der Waals surface area contributed by atoms with Crippen LogP contribution in [-0.2, 0) is 14.3 Å². The Morgan fingerprint density at radius 3 is 2.39 bits per heavy atom. The first-order chi connectivity index (χ1) is 18.5. The van der Waals surface area contributed by atoms with Crippen LogP contribution in [0.3, 0.4) is 0 Å². The number of hydrazone groups is 1. The van der Waals surface area contributed by atoms with Gasteiger partial charge in [0.2, 0.25) is 5.91 Å². The molecule has 2 fully saturated rings. The number of amides is 2. The van der Waals surface area contributed by atoms with Crippen LogP contribution in [0, 0.1) is 12.8 Å². The van der Waals surface area contributed by atoms with Gasteiger partial charge in [-0.2, -0.15) is 5.10 Å². The fourth-order valence-corrected chi connectivity index (χ4v) is 5.25. The van der Waals surface area contributed by atoms with Crippen molar-refractivity contribution in [3.63, 3.8) is 0 Å². The van der Waals surface area contributed by atoms with Crippen LogP contribution < -0.4 is 4.74 Å². The highest BCUT2D eigenvalue weighted by molar-refractivity contribution is 6.03. The van der Waals surface area contributed by atoms with Gasteiger partial charge in [0, 0.05) is 38.5 Å². The molecule has 2 aliphatic heterocycles. The van der Waals surface area contributed by atoms with Crippen LogP contribution in [0.15, 0.2) is 53.6 Å². The Morgan fingerprint density at radius 1 is 1.05 bits per heavy atom. The number of carbonyl (C=O) groups excluding carboxylic acids is 2. The maximum absolute atomic E-state index is 13.8. The fourth-order valence-electron chi connectivity index (χ4n) is 5.25. The summed E-state index contributed by atoms with van der Waals surface area (Å²) >= 11 is 0. The van der Waals surface area contributed by atoms with Crippen molar-refractivity contribution in [2.45, 2.75) is 38.6 Å². The Morgan fingerprint density at radius 2 is 1.76 bits per heavy atom. The van der Waals surface area contributed by atoms with Gasteiger partial charge in [-0.05, 0) is 55.2 Å². The Kier molecular flexibility index (Phi) is 8.39. The standard InChI is InChI=1S/C30H38N4O4/c1-22-6-8-24(9-7-22)28-20-27(23-10-12-26(37-2)13-11-23)31-34(28)29(35)21-33(30(36)25-4-3-5-25)15-14-32-16-18-38-19-17-32/h6-13,25,28H,3-5,14-21H2,1-2H3/t28-/m0/s1. The van der Waals surface area contributed by atoms with Crippen LogP contribution in [-0.4, -0.2) is 85.4 Å². The maximum atomic E-state index is 13.8. The average molecular weight is 519 g/mol. The molecule has 202 valence electrons. The topological polar surface area (TPSA) is 74.7 Å². The lowest BCUT2D eigenvalue weighted by molar-refractivity contribution is -0.145. The van der Waals surface area contributed by atoms with E-state index in [2.05, 4.69) is 36.1 Å². The van der Waals surface area contributed by atoms with Crippen molar-refractivity contribution in [2.24, 2.45) is 11.0 Å². The zero-order valence-corrected chi connectivity index (χ0v) is 22.5. The predicted octanol–water partition coefficient (Wildman–Crippen LogP) is 3.64. The number of morpholine rings is 1. The number of nitrogens with zero attached hydrogens (tertiary/aromatic N) is 4. The van der Waals surface area contributed by atoms with Gasteiger partial charge in [-0.3, -0.25) is 14.5 Å². The molecular weight excluding hydrogens is 480 g/mol. The van der Waals surface area contributed by atoms with E-state index in [-0.39, 0.29) is 30.3 Å². The van der Waals surface area contributed by atoms with Crippen molar-refractivity contribution in [1.82, 2.24) is 14.8 Å². The first kappa shape index (κ1) is 26.4. The molecule has 5 rings (SSSR count). The molecule has 8 heteroatoms. The van der Waals surface area contributed by atoms with Crippen LogP contribution in [0.2, 0.25) is 0 Å². The first-order valence-electron chi connectivity index (χ1n) is 13.7. The molecule has 1 aliphatic carbocycles. The lowest BCUT2D eigenvalue weighted by atomic mass is 9.84. The van der Waals surface area contributed by atoms with Crippen LogP contribution in [0.1, 0.15) is 48.4 Å². The predicted molar refractivity (Wildman–Crippen MR) is 146 cm³/mol. The summed E-state index contributed by atoms with van der Waals surface area (Å²) in [4.78, 5) is 31.3. The third kappa shape index (κ3) is 6.08. The number of ether oxygens (including phenoxy) is 2. The summed E-state index contributed by atoms with van der Waals surface area (Å²) in [5, 5.41) is 6.44. The smallest absolute Gasteiger partial charge is 0.262 e. The Balaban J connectivity index is 1.36. The van der Waals surface area contributed by atoms with Gasteiger partial charge in [0.15, 0.2) is 0 Å². The number of hydrogen-bond donors (Lipinski definition) is 0. The molecule has 2 aromatic rings. The van der Waals surface area contributed by atoms with E-state index in [4.69, 9.17) is 14.6 Å². The van der Waals surface area contributed by atoms with Crippen molar-refractivity contribution in [1.29, 1.82) is 0 Å². The third-order valence-electron chi connectivity index (χ3n) is 7.93. The highest BCUT2D eigenvalue weighted by Crippen LogP contribution is 2.34. The largest absolute Gasteiger partial charge is 0.497 e. The molecule has 8 nitrogen and oxygen atoms in total. The third-order valence-corrected chi connectivity index (χ3v) is 7.93. The van der Waals surface area contributed by atoms with E-state index in [9.17, 15) is 9.59 Å². The van der Waals surface area contributed by atoms with Gasteiger partial charge in [-0.1, -0.05) is 36.2 Å². The number of hydrogen-bond acceptors (Lipinski definition) is 6. The number of methoxy groups -OCH3 is 1. The molecule has 2 aromatic carbocycles. The molecule has 1 atom stereocenters. The van der Waals surface area contributed by atoms with E-state index in [1.165, 1.54) is 5.56 Å². The van der Waals surface area contributed by atoms with E-state index in [0.29, 0.717) is 26.2 Å². The summed E-state index contributed by atoms with van der Waals surface area (Å²) in [6.07, 6.45) is 3.53. The average Bonchev–Trinajstić information content (AvgIpc) is 3.36. The summed E-state index contributed by atoms with van der Waals surface area (Å²) in [5.41, 5.74) is 4.03. The number of rotatable bonds is 9. The number of aryl methyl sites for hydroxylation is 1. The van der Waals surface area contributed by atoms with Gasteiger partial charge in [-0.15, -0.1) is 0 Å². The van der Waals surface area contributed by atoms with Crippen LogP contribution in [0.25, 0.3) is 0 Å². The molecule has 3 aliphatic rings. The van der Waals surface area contributed by atoms with Crippen LogP contribution >= 0.6 is 0 Å². The second-order valence-corrected chi connectivity index (χ2v) is 10.5. The van der Waals surface area contributed by atoms with Crippen LogP contribution in [0.5, 0.6) is 5.75 Å². The zero-order chi connectivity index (χ0) is 26.5. The SMILES string of the molecule is COc1ccc(C2=NN(C(=O)CN(CCN3CCOCC3)C(=O)C3CCC3)[C@H](c3ccc(C)cc3)C2)cc1. The Hall–Kier alpha value is -3.23. The van der Waals surface area contributed by atoms with Crippen molar-refractivity contribution in [3.05, 3.63) is 65.2 Å². The van der Waals surface area contributed by atoms with Gasteiger partial charge in [0.25, 0.3) is 5.91 Å². The Labute approximate surface area is 225 Å². The van der Waals surface area contributed by atoms with E-state index in [1.807, 2.05) is 24.3 Å². The lowest BCUT2D eigenvalue weighted by Gasteiger charge is -2.34. The summed E-state index contributed by atoms with van der Waals surface area (Å²) in [5.74, 6) is 0.773. The van der Waals surface area contributed by atoms with Gasteiger partial charge >= 0.3 is 0 Å². The van der Waals surface area contributed by atoms with Crippen molar-refractivity contribution in [3.8, 4) is 5.75 Å². The molecule has 0 aromatic heterocycles. The Bertz CT molecular complexity index is 1140. The quantitative estimate of drug-likeness (QED) is 0.507. The zero-order valence-electron chi connectivity index (χ0n) is 22.5. The lowest BCUT2D eigenvalue weighted by Crippen LogP contribution is -2.49. The molecule has 0 radical (unpaired) electrons. The monoisotopic (exact) mass is 518 g/mol. The molecule has 2 amide bonds. The molecular formula is C30H38N4O4. The molecule has 1 saturated heterocycles. The summed E-state index contributed by atoms with van der Waals surface area (Å²) in [7, 11) is 1.64. The fraction of sp³-hybridized carbons (Fsp3) is 0.500. The molecule has 38 heavy (non-hydrogen) atoms. The summed E-state index contributed by atoms with van der Waals surface area (Å²) in [6, 6.07) is 15.8. The van der Waals surface area contributed by atoms with Crippen molar-refractivity contribution in [2.75, 3.05) is 53.0 Å². The van der Waals surface area contributed by atoms with E-state index < -0.39 is 0 Å². The summed E-state index contributed by atoms with van der Waals surface area (Å²) in [6.45, 7) is 6.53. The second kappa shape index (κ2) is 12.1. The van der Waals surface area contributed by atoms with Crippen molar-refractivity contribution < 1.29 is 19.1 Å². The second-order valence-electron chi connectivity index (χ2n) is 10.5. The van der Waals surface area contributed by atoms with E-state index >= 15 is 0 Å². The molecule has 0 spiro atoms. The highest BCUT2D eigenvalue weighted by Gasteiger charge is 2.36. The van der Waals surface area contributed by atoms with Gasteiger partial charge in [0.1, 0.15) is 12.3 Å². The summed E-state index contributed by atoms with van der Waals surface area (Å²) < 4.78 is 10.8. The van der Waals surface area contributed by atoms with Gasteiger partial charge < -0.3 is 14.4 Å². The minimum atomic E-state index is -0.208.